The van der Waals surface area contributed by atoms with Gasteiger partial charge < -0.3 is 9.64 Å². The summed E-state index contributed by atoms with van der Waals surface area (Å²) in [6.45, 7) is 6.77. The minimum atomic E-state index is 0.455. The van der Waals surface area contributed by atoms with Crippen LogP contribution in [0.15, 0.2) is 12.3 Å². The second kappa shape index (κ2) is 4.39. The smallest absolute Gasteiger partial charge is 0.318 e. The standard InChI is InChI=1S/C13H20N4O/c1-9(2)16-7-11-6-10(16)8-17(11)12-4-5-14-13(15-12)18-3/h4-5,9-11H,6-8H2,1-3H3. The average molecular weight is 248 g/mol. The molecule has 98 valence electrons. The van der Waals surface area contributed by atoms with E-state index in [9.17, 15) is 0 Å². The highest BCUT2D eigenvalue weighted by Gasteiger charge is 2.44. The van der Waals surface area contributed by atoms with Gasteiger partial charge in [0.1, 0.15) is 5.82 Å². The molecule has 2 bridgehead atoms. The van der Waals surface area contributed by atoms with Gasteiger partial charge in [0.2, 0.25) is 0 Å². The molecule has 0 radical (unpaired) electrons. The molecule has 18 heavy (non-hydrogen) atoms. The van der Waals surface area contributed by atoms with Gasteiger partial charge >= 0.3 is 6.01 Å². The van der Waals surface area contributed by atoms with Gasteiger partial charge in [0.15, 0.2) is 0 Å². The molecule has 5 heteroatoms. The maximum Gasteiger partial charge on any atom is 0.318 e. The molecular formula is C13H20N4O. The minimum Gasteiger partial charge on any atom is -0.467 e. The fraction of sp³-hybridized carbons (Fsp3) is 0.692. The Morgan fingerprint density at radius 1 is 1.33 bits per heavy atom. The summed E-state index contributed by atoms with van der Waals surface area (Å²) in [5, 5.41) is 0. The molecule has 2 atom stereocenters. The average Bonchev–Trinajstić information content (AvgIpc) is 2.98. The van der Waals surface area contributed by atoms with Crippen molar-refractivity contribution in [2.45, 2.75) is 38.4 Å². The third-order valence-electron chi connectivity index (χ3n) is 4.04. The number of aromatic nitrogens is 2. The van der Waals surface area contributed by atoms with Gasteiger partial charge in [-0.05, 0) is 26.3 Å². The number of ether oxygens (including phenoxy) is 1. The quantitative estimate of drug-likeness (QED) is 0.803. The number of fused-ring (bicyclic) bond motifs is 2. The van der Waals surface area contributed by atoms with Gasteiger partial charge in [-0.2, -0.15) is 4.98 Å². The highest BCUT2D eigenvalue weighted by atomic mass is 16.5. The molecule has 1 aromatic heterocycles. The largest absolute Gasteiger partial charge is 0.467 e. The van der Waals surface area contributed by atoms with Crippen LogP contribution in [-0.4, -0.2) is 53.2 Å². The van der Waals surface area contributed by atoms with E-state index in [0.717, 1.165) is 18.9 Å². The van der Waals surface area contributed by atoms with Crippen molar-refractivity contribution in [2.75, 3.05) is 25.1 Å². The van der Waals surface area contributed by atoms with Crippen LogP contribution < -0.4 is 9.64 Å². The number of hydrogen-bond donors (Lipinski definition) is 0. The van der Waals surface area contributed by atoms with Crippen LogP contribution in [0.2, 0.25) is 0 Å². The first-order valence-electron chi connectivity index (χ1n) is 6.58. The zero-order chi connectivity index (χ0) is 12.7. The molecule has 3 heterocycles. The van der Waals surface area contributed by atoms with E-state index in [1.165, 1.54) is 6.42 Å². The second-order valence-corrected chi connectivity index (χ2v) is 5.39. The van der Waals surface area contributed by atoms with Crippen molar-refractivity contribution in [3.63, 3.8) is 0 Å². The molecule has 2 fully saturated rings. The Balaban J connectivity index is 1.77. The van der Waals surface area contributed by atoms with Gasteiger partial charge in [0, 0.05) is 37.4 Å². The van der Waals surface area contributed by atoms with E-state index in [0.29, 0.717) is 24.1 Å². The van der Waals surface area contributed by atoms with Crippen molar-refractivity contribution in [3.8, 4) is 6.01 Å². The zero-order valence-corrected chi connectivity index (χ0v) is 11.2. The summed E-state index contributed by atoms with van der Waals surface area (Å²) in [6.07, 6.45) is 3.03. The van der Waals surface area contributed by atoms with E-state index in [1.54, 1.807) is 13.3 Å². The molecule has 0 saturated carbocycles. The van der Waals surface area contributed by atoms with E-state index in [2.05, 4.69) is 33.6 Å². The van der Waals surface area contributed by atoms with E-state index in [4.69, 9.17) is 4.74 Å². The van der Waals surface area contributed by atoms with Crippen LogP contribution in [0.1, 0.15) is 20.3 Å². The summed E-state index contributed by atoms with van der Waals surface area (Å²) in [4.78, 5) is 13.5. The predicted molar refractivity (Wildman–Crippen MR) is 70.0 cm³/mol. The van der Waals surface area contributed by atoms with Gasteiger partial charge in [-0.15, -0.1) is 0 Å². The lowest BCUT2D eigenvalue weighted by atomic mass is 10.2. The maximum absolute atomic E-state index is 5.09. The summed E-state index contributed by atoms with van der Waals surface area (Å²) < 4.78 is 5.09. The number of likely N-dealkylation sites (tertiary alicyclic amines) is 1. The second-order valence-electron chi connectivity index (χ2n) is 5.39. The van der Waals surface area contributed by atoms with Crippen molar-refractivity contribution in [1.82, 2.24) is 14.9 Å². The van der Waals surface area contributed by atoms with Gasteiger partial charge in [-0.25, -0.2) is 4.98 Å². The van der Waals surface area contributed by atoms with Crippen molar-refractivity contribution < 1.29 is 4.74 Å². The first-order chi connectivity index (χ1) is 8.69. The fourth-order valence-corrected chi connectivity index (χ4v) is 3.20. The SMILES string of the molecule is COc1nccc(N2CC3CC2CN3C(C)C)n1. The fourth-order valence-electron chi connectivity index (χ4n) is 3.20. The molecule has 0 spiro atoms. The Kier molecular flexibility index (Phi) is 2.86. The molecule has 2 aliphatic heterocycles. The van der Waals surface area contributed by atoms with Crippen molar-refractivity contribution in [3.05, 3.63) is 12.3 Å². The summed E-state index contributed by atoms with van der Waals surface area (Å²) >= 11 is 0. The van der Waals surface area contributed by atoms with Crippen LogP contribution >= 0.6 is 0 Å². The number of nitrogens with zero attached hydrogens (tertiary/aromatic N) is 4. The first-order valence-corrected chi connectivity index (χ1v) is 6.58. The number of methoxy groups -OCH3 is 1. The zero-order valence-electron chi connectivity index (χ0n) is 11.2. The molecule has 0 amide bonds. The molecule has 0 N–H and O–H groups in total. The van der Waals surface area contributed by atoms with Crippen LogP contribution in [0, 0.1) is 0 Å². The van der Waals surface area contributed by atoms with Crippen LogP contribution in [0.4, 0.5) is 5.82 Å². The van der Waals surface area contributed by atoms with E-state index >= 15 is 0 Å². The molecule has 2 unspecified atom stereocenters. The van der Waals surface area contributed by atoms with Crippen molar-refractivity contribution >= 4 is 5.82 Å². The van der Waals surface area contributed by atoms with Crippen LogP contribution in [0.5, 0.6) is 6.01 Å². The van der Waals surface area contributed by atoms with E-state index in [-0.39, 0.29) is 0 Å². The highest BCUT2D eigenvalue weighted by molar-refractivity contribution is 5.43. The van der Waals surface area contributed by atoms with E-state index in [1.807, 2.05) is 6.07 Å². The summed E-state index contributed by atoms with van der Waals surface area (Å²) in [6, 6.07) is 4.34. The number of rotatable bonds is 3. The van der Waals surface area contributed by atoms with Crippen LogP contribution in [0.25, 0.3) is 0 Å². The molecule has 5 nitrogen and oxygen atoms in total. The van der Waals surface area contributed by atoms with Crippen molar-refractivity contribution in [1.29, 1.82) is 0 Å². The van der Waals surface area contributed by atoms with Crippen LogP contribution in [0.3, 0.4) is 0 Å². The topological polar surface area (TPSA) is 41.5 Å². The maximum atomic E-state index is 5.09. The number of hydrogen-bond acceptors (Lipinski definition) is 5. The normalized spacial score (nSPS) is 27.2. The van der Waals surface area contributed by atoms with Crippen LogP contribution in [-0.2, 0) is 0 Å². The Bertz CT molecular complexity index is 437. The Hall–Kier alpha value is -1.36. The molecule has 2 aliphatic rings. The Morgan fingerprint density at radius 2 is 2.17 bits per heavy atom. The number of piperazine rings is 1. The highest BCUT2D eigenvalue weighted by Crippen LogP contribution is 2.34. The third-order valence-corrected chi connectivity index (χ3v) is 4.04. The summed E-state index contributed by atoms with van der Waals surface area (Å²) in [5.41, 5.74) is 0. The van der Waals surface area contributed by atoms with Gasteiger partial charge in [-0.1, -0.05) is 0 Å². The molecule has 3 rings (SSSR count). The summed E-state index contributed by atoms with van der Waals surface area (Å²) in [7, 11) is 1.61. The minimum absolute atomic E-state index is 0.455. The third kappa shape index (κ3) is 1.82. The molecule has 0 aromatic carbocycles. The van der Waals surface area contributed by atoms with Gasteiger partial charge in [-0.3, -0.25) is 4.90 Å². The Morgan fingerprint density at radius 3 is 2.78 bits per heavy atom. The Labute approximate surface area is 108 Å². The number of anilines is 1. The monoisotopic (exact) mass is 248 g/mol. The molecule has 0 aliphatic carbocycles. The van der Waals surface area contributed by atoms with Gasteiger partial charge in [0.05, 0.1) is 7.11 Å². The lowest BCUT2D eigenvalue weighted by Crippen LogP contribution is -2.49. The van der Waals surface area contributed by atoms with Crippen molar-refractivity contribution in [2.24, 2.45) is 0 Å². The van der Waals surface area contributed by atoms with E-state index < -0.39 is 0 Å². The van der Waals surface area contributed by atoms with Gasteiger partial charge in [0.25, 0.3) is 0 Å². The first kappa shape index (κ1) is 11.7. The lowest BCUT2D eigenvalue weighted by molar-refractivity contribution is 0.191. The molecular weight excluding hydrogens is 228 g/mol. The predicted octanol–water partition coefficient (Wildman–Crippen LogP) is 1.16. The lowest BCUT2D eigenvalue weighted by Gasteiger charge is -2.36. The molecule has 1 aromatic rings. The summed E-state index contributed by atoms with van der Waals surface area (Å²) in [5.74, 6) is 0.998. The molecule has 2 saturated heterocycles.